The van der Waals surface area contributed by atoms with Gasteiger partial charge in [0.2, 0.25) is 0 Å². The number of halogens is 1. The third kappa shape index (κ3) is 2.17. The molecule has 1 aliphatic rings. The molecule has 1 fully saturated rings. The monoisotopic (exact) mass is 305 g/mol. The molecule has 0 bridgehead atoms. The van der Waals surface area contributed by atoms with Crippen molar-refractivity contribution < 1.29 is 0 Å². The van der Waals surface area contributed by atoms with Crippen LogP contribution in [0.1, 0.15) is 35.6 Å². The first-order valence-electron chi connectivity index (χ1n) is 6.22. The number of nitrogens with zero attached hydrogens (tertiary/aromatic N) is 2. The first-order chi connectivity index (χ1) is 8.65. The Hall–Kier alpha value is -1.29. The number of nitrogen functional groups attached to an aromatic ring is 1. The zero-order chi connectivity index (χ0) is 12.7. The van der Waals surface area contributed by atoms with E-state index in [2.05, 4.69) is 45.3 Å². The Morgan fingerprint density at radius 1 is 1.44 bits per heavy atom. The minimum absolute atomic E-state index is 0.698. The van der Waals surface area contributed by atoms with Gasteiger partial charge in [0.05, 0.1) is 16.7 Å². The van der Waals surface area contributed by atoms with Gasteiger partial charge >= 0.3 is 0 Å². The summed E-state index contributed by atoms with van der Waals surface area (Å²) in [6, 6.07) is 8.76. The third-order valence-corrected chi connectivity index (χ3v) is 4.40. The zero-order valence-electron chi connectivity index (χ0n) is 10.4. The highest BCUT2D eigenvalue weighted by molar-refractivity contribution is 9.10. The summed E-state index contributed by atoms with van der Waals surface area (Å²) in [5.74, 6) is 1.48. The van der Waals surface area contributed by atoms with Gasteiger partial charge in [-0.05, 0) is 52.7 Å². The molecular formula is C14H16BrN3. The van der Waals surface area contributed by atoms with Gasteiger partial charge in [0, 0.05) is 0 Å². The summed E-state index contributed by atoms with van der Waals surface area (Å²) in [4.78, 5) is 0. The Labute approximate surface area is 115 Å². The highest BCUT2D eigenvalue weighted by atomic mass is 79.9. The molecule has 18 heavy (non-hydrogen) atoms. The number of anilines is 1. The van der Waals surface area contributed by atoms with E-state index in [1.165, 1.54) is 24.0 Å². The van der Waals surface area contributed by atoms with Crippen LogP contribution in [0.3, 0.4) is 0 Å². The number of aryl methyl sites for hydroxylation is 1. The van der Waals surface area contributed by atoms with Crippen LogP contribution in [0.5, 0.6) is 0 Å². The Morgan fingerprint density at radius 3 is 2.83 bits per heavy atom. The largest absolute Gasteiger partial charge is 0.383 e. The van der Waals surface area contributed by atoms with E-state index in [0.29, 0.717) is 5.82 Å². The SMILES string of the molecule is Cc1nn(Cc2cccc(C3CC3)c2)c(N)c1Br. The predicted molar refractivity (Wildman–Crippen MR) is 76.6 cm³/mol. The van der Waals surface area contributed by atoms with Crippen molar-refractivity contribution in [3.8, 4) is 0 Å². The molecular weight excluding hydrogens is 290 g/mol. The molecule has 0 saturated heterocycles. The summed E-state index contributed by atoms with van der Waals surface area (Å²) >= 11 is 3.45. The van der Waals surface area contributed by atoms with Gasteiger partial charge in [-0.3, -0.25) is 0 Å². The van der Waals surface area contributed by atoms with Gasteiger partial charge in [-0.25, -0.2) is 4.68 Å². The van der Waals surface area contributed by atoms with Crippen LogP contribution in [0.4, 0.5) is 5.82 Å². The molecule has 0 aliphatic heterocycles. The Kier molecular flexibility index (Phi) is 2.90. The fourth-order valence-electron chi connectivity index (χ4n) is 2.23. The average molecular weight is 306 g/mol. The van der Waals surface area contributed by atoms with Crippen LogP contribution >= 0.6 is 15.9 Å². The fraction of sp³-hybridized carbons (Fsp3) is 0.357. The van der Waals surface area contributed by atoms with Gasteiger partial charge < -0.3 is 5.73 Å². The van der Waals surface area contributed by atoms with E-state index in [1.807, 2.05) is 11.6 Å². The molecule has 3 rings (SSSR count). The average Bonchev–Trinajstić information content (AvgIpc) is 3.17. The Morgan fingerprint density at radius 2 is 2.22 bits per heavy atom. The molecule has 1 heterocycles. The maximum absolute atomic E-state index is 6.02. The number of benzene rings is 1. The van der Waals surface area contributed by atoms with E-state index < -0.39 is 0 Å². The lowest BCUT2D eigenvalue weighted by Gasteiger charge is -2.06. The summed E-state index contributed by atoms with van der Waals surface area (Å²) in [6.45, 7) is 2.69. The van der Waals surface area contributed by atoms with Crippen LogP contribution < -0.4 is 5.73 Å². The lowest BCUT2D eigenvalue weighted by molar-refractivity contribution is 0.688. The maximum atomic E-state index is 6.02. The Balaban J connectivity index is 1.87. The smallest absolute Gasteiger partial charge is 0.136 e. The topological polar surface area (TPSA) is 43.8 Å². The van der Waals surface area contributed by atoms with E-state index >= 15 is 0 Å². The van der Waals surface area contributed by atoms with Crippen LogP contribution in [0.25, 0.3) is 0 Å². The molecule has 2 N–H and O–H groups in total. The van der Waals surface area contributed by atoms with E-state index in [0.717, 1.165) is 22.6 Å². The first kappa shape index (κ1) is 11.8. The second kappa shape index (κ2) is 4.43. The molecule has 0 unspecified atom stereocenters. The first-order valence-corrected chi connectivity index (χ1v) is 7.01. The van der Waals surface area contributed by atoms with Crippen molar-refractivity contribution in [2.45, 2.75) is 32.2 Å². The number of hydrogen-bond donors (Lipinski definition) is 1. The summed E-state index contributed by atoms with van der Waals surface area (Å²) < 4.78 is 2.76. The second-order valence-electron chi connectivity index (χ2n) is 4.96. The van der Waals surface area contributed by atoms with Crippen LogP contribution in [0, 0.1) is 6.92 Å². The summed E-state index contributed by atoms with van der Waals surface area (Å²) in [7, 11) is 0. The summed E-state index contributed by atoms with van der Waals surface area (Å²) in [6.07, 6.45) is 2.66. The fourth-order valence-corrected chi connectivity index (χ4v) is 2.52. The molecule has 0 atom stereocenters. The normalized spacial score (nSPS) is 15.0. The Bertz CT molecular complexity index is 585. The van der Waals surface area contributed by atoms with Gasteiger partial charge in [0.15, 0.2) is 0 Å². The van der Waals surface area contributed by atoms with E-state index in [4.69, 9.17) is 5.73 Å². The molecule has 0 amide bonds. The molecule has 3 nitrogen and oxygen atoms in total. The molecule has 2 aromatic rings. The zero-order valence-corrected chi connectivity index (χ0v) is 11.9. The van der Waals surface area contributed by atoms with Crippen molar-refractivity contribution in [2.24, 2.45) is 0 Å². The quantitative estimate of drug-likeness (QED) is 0.943. The summed E-state index contributed by atoms with van der Waals surface area (Å²) in [5.41, 5.74) is 9.67. The number of nitrogens with two attached hydrogens (primary N) is 1. The highest BCUT2D eigenvalue weighted by Crippen LogP contribution is 2.40. The molecule has 1 aromatic carbocycles. The number of aromatic nitrogens is 2. The van der Waals surface area contributed by atoms with Crippen molar-refractivity contribution in [1.82, 2.24) is 9.78 Å². The van der Waals surface area contributed by atoms with Crippen molar-refractivity contribution >= 4 is 21.7 Å². The number of rotatable bonds is 3. The second-order valence-corrected chi connectivity index (χ2v) is 5.75. The van der Waals surface area contributed by atoms with Gasteiger partial charge in [-0.15, -0.1) is 0 Å². The van der Waals surface area contributed by atoms with Crippen LogP contribution in [0.15, 0.2) is 28.7 Å². The van der Waals surface area contributed by atoms with Crippen molar-refractivity contribution in [1.29, 1.82) is 0 Å². The van der Waals surface area contributed by atoms with Gasteiger partial charge in [-0.1, -0.05) is 24.3 Å². The van der Waals surface area contributed by atoms with E-state index in [9.17, 15) is 0 Å². The molecule has 1 aliphatic carbocycles. The van der Waals surface area contributed by atoms with Crippen LogP contribution in [-0.2, 0) is 6.54 Å². The minimum Gasteiger partial charge on any atom is -0.383 e. The lowest BCUT2D eigenvalue weighted by Crippen LogP contribution is -2.06. The third-order valence-electron chi connectivity index (χ3n) is 3.42. The number of hydrogen-bond acceptors (Lipinski definition) is 2. The molecule has 1 saturated carbocycles. The summed E-state index contributed by atoms with van der Waals surface area (Å²) in [5, 5.41) is 4.44. The molecule has 94 valence electrons. The lowest BCUT2D eigenvalue weighted by atomic mass is 10.1. The van der Waals surface area contributed by atoms with Crippen LogP contribution in [0.2, 0.25) is 0 Å². The van der Waals surface area contributed by atoms with Gasteiger partial charge in [-0.2, -0.15) is 5.10 Å². The van der Waals surface area contributed by atoms with E-state index in [-0.39, 0.29) is 0 Å². The van der Waals surface area contributed by atoms with Crippen LogP contribution in [-0.4, -0.2) is 9.78 Å². The highest BCUT2D eigenvalue weighted by Gasteiger charge is 2.23. The molecule has 0 radical (unpaired) electrons. The van der Waals surface area contributed by atoms with Gasteiger partial charge in [0.25, 0.3) is 0 Å². The standard InChI is InChI=1S/C14H16BrN3/c1-9-13(15)14(16)18(17-9)8-10-3-2-4-12(7-10)11-5-6-11/h2-4,7,11H,5-6,8,16H2,1H3. The maximum Gasteiger partial charge on any atom is 0.136 e. The molecule has 0 spiro atoms. The van der Waals surface area contributed by atoms with Crippen molar-refractivity contribution in [2.75, 3.05) is 5.73 Å². The van der Waals surface area contributed by atoms with Crippen molar-refractivity contribution in [3.05, 3.63) is 45.6 Å². The van der Waals surface area contributed by atoms with E-state index in [1.54, 1.807) is 0 Å². The minimum atomic E-state index is 0.698. The molecule has 4 heteroatoms. The molecule has 1 aromatic heterocycles. The van der Waals surface area contributed by atoms with Gasteiger partial charge in [0.1, 0.15) is 5.82 Å². The predicted octanol–water partition coefficient (Wildman–Crippen LogP) is 3.46. The van der Waals surface area contributed by atoms with Crippen molar-refractivity contribution in [3.63, 3.8) is 0 Å².